The van der Waals surface area contributed by atoms with Crippen LogP contribution in [0.25, 0.3) is 0 Å². The lowest BCUT2D eigenvalue weighted by molar-refractivity contribution is -0.133. The van der Waals surface area contributed by atoms with Crippen LogP contribution >= 0.6 is 0 Å². The third-order valence-electron chi connectivity index (χ3n) is 4.92. The summed E-state index contributed by atoms with van der Waals surface area (Å²) in [6, 6.07) is -0.318. The maximum atomic E-state index is 11.7. The van der Waals surface area contributed by atoms with Crippen molar-refractivity contribution in [2.75, 3.05) is 33.7 Å². The van der Waals surface area contributed by atoms with E-state index in [0.29, 0.717) is 6.41 Å². The Balaban J connectivity index is 0. The molecule has 0 radical (unpaired) electrons. The lowest BCUT2D eigenvalue weighted by atomic mass is 9.96. The zero-order valence-electron chi connectivity index (χ0n) is 21.3. The average Bonchev–Trinajstić information content (AvgIpc) is 2.69. The van der Waals surface area contributed by atoms with Crippen molar-refractivity contribution < 1.29 is 19.5 Å². The summed E-state index contributed by atoms with van der Waals surface area (Å²) < 4.78 is 0. The van der Waals surface area contributed by atoms with Gasteiger partial charge in [0.25, 0.3) is 0 Å². The van der Waals surface area contributed by atoms with E-state index in [1.54, 1.807) is 13.1 Å². The molecule has 0 aromatic carbocycles. The first-order valence-corrected chi connectivity index (χ1v) is 11.4. The highest BCUT2D eigenvalue weighted by Crippen LogP contribution is 2.17. The van der Waals surface area contributed by atoms with E-state index in [9.17, 15) is 14.4 Å². The quantitative estimate of drug-likeness (QED) is 0.443. The number of piperidine rings is 1. The molecule has 1 saturated heterocycles. The summed E-state index contributed by atoms with van der Waals surface area (Å²) in [6.07, 6.45) is 6.24. The van der Waals surface area contributed by atoms with Crippen LogP contribution in [0.1, 0.15) is 67.7 Å². The number of nitrogens with one attached hydrogen (secondary N) is 1. The fourth-order valence-corrected chi connectivity index (χ4v) is 3.11. The average molecular weight is 442 g/mol. The van der Waals surface area contributed by atoms with Gasteiger partial charge in [0.05, 0.1) is 12.6 Å². The molecule has 1 aliphatic rings. The highest BCUT2D eigenvalue weighted by atomic mass is 16.4. The predicted octanol–water partition coefficient (Wildman–Crippen LogP) is 3.65. The molecule has 7 nitrogen and oxygen atoms in total. The molecule has 182 valence electrons. The van der Waals surface area contributed by atoms with Crippen LogP contribution in [-0.2, 0) is 14.4 Å². The topological polar surface area (TPSA) is 90.0 Å². The summed E-state index contributed by atoms with van der Waals surface area (Å²) in [5.74, 6) is 0.621. The third kappa shape index (κ3) is 16.5. The molecule has 0 bridgehead atoms. The van der Waals surface area contributed by atoms with Gasteiger partial charge in [0.15, 0.2) is 0 Å². The van der Waals surface area contributed by atoms with Crippen LogP contribution in [0.15, 0.2) is 11.6 Å². The van der Waals surface area contributed by atoms with Gasteiger partial charge in [0.1, 0.15) is 0 Å². The number of carbonyl (C=O) groups excluding carboxylic acids is 2. The second-order valence-electron chi connectivity index (χ2n) is 9.30. The molecule has 0 spiro atoms. The number of nitrogens with zero attached hydrogens (tertiary/aromatic N) is 2. The van der Waals surface area contributed by atoms with Gasteiger partial charge in [-0.2, -0.15) is 0 Å². The lowest BCUT2D eigenvalue weighted by Gasteiger charge is -2.29. The number of rotatable bonds is 8. The normalized spacial score (nSPS) is 17.6. The molecule has 0 aliphatic carbocycles. The first-order valence-electron chi connectivity index (χ1n) is 11.4. The van der Waals surface area contributed by atoms with Gasteiger partial charge >= 0.3 is 5.97 Å². The fourth-order valence-electron chi connectivity index (χ4n) is 3.11. The van der Waals surface area contributed by atoms with Crippen LogP contribution in [0, 0.1) is 17.8 Å². The first-order chi connectivity index (χ1) is 14.4. The Labute approximate surface area is 190 Å². The minimum atomic E-state index is -1.01. The molecule has 1 aliphatic heterocycles. The van der Waals surface area contributed by atoms with E-state index in [2.05, 4.69) is 45.0 Å². The van der Waals surface area contributed by atoms with Gasteiger partial charge in [-0.25, -0.2) is 4.79 Å². The van der Waals surface area contributed by atoms with Gasteiger partial charge in [0.2, 0.25) is 12.3 Å². The maximum absolute atomic E-state index is 11.7. The minimum Gasteiger partial charge on any atom is -0.478 e. The van der Waals surface area contributed by atoms with Crippen LogP contribution < -0.4 is 5.32 Å². The summed E-state index contributed by atoms with van der Waals surface area (Å²) in [7, 11) is 3.81. The van der Waals surface area contributed by atoms with E-state index >= 15 is 0 Å². The number of hydrogen-bond donors (Lipinski definition) is 2. The van der Waals surface area contributed by atoms with Crippen LogP contribution in [0.2, 0.25) is 0 Å². The molecule has 31 heavy (non-hydrogen) atoms. The van der Waals surface area contributed by atoms with Crippen molar-refractivity contribution in [3.05, 3.63) is 11.6 Å². The predicted molar refractivity (Wildman–Crippen MR) is 128 cm³/mol. The zero-order chi connectivity index (χ0) is 24.6. The van der Waals surface area contributed by atoms with E-state index in [-0.39, 0.29) is 30.0 Å². The Kier molecular flexibility index (Phi) is 17.9. The Hall–Kier alpha value is -1.89. The van der Waals surface area contributed by atoms with Crippen molar-refractivity contribution in [2.24, 2.45) is 17.8 Å². The molecule has 1 heterocycles. The molecular formula is C24H47N3O4. The van der Waals surface area contributed by atoms with E-state index in [0.717, 1.165) is 11.8 Å². The van der Waals surface area contributed by atoms with Crippen molar-refractivity contribution in [3.8, 4) is 0 Å². The minimum absolute atomic E-state index is 0.0736. The number of carbonyl (C=O) groups is 3. The first kappa shape index (κ1) is 31.3. The number of aliphatic carboxylic acids is 1. The second kappa shape index (κ2) is 17.8. The van der Waals surface area contributed by atoms with Crippen molar-refractivity contribution in [2.45, 2.75) is 73.8 Å². The molecule has 0 aromatic heterocycles. The SMILES string of the molecule is C/C(=C\[C@H](C(C)C)N(C)C(=O)CNC=O)C(=O)O.CC(C)C.CC[C@H]1CCCN(C)C1. The van der Waals surface area contributed by atoms with Crippen molar-refractivity contribution in [1.82, 2.24) is 15.1 Å². The van der Waals surface area contributed by atoms with Crippen LogP contribution in [-0.4, -0.2) is 73.0 Å². The van der Waals surface area contributed by atoms with Gasteiger partial charge in [-0.05, 0) is 51.1 Å². The highest BCUT2D eigenvalue weighted by molar-refractivity contribution is 5.86. The van der Waals surface area contributed by atoms with E-state index in [1.165, 1.54) is 44.2 Å². The Morgan fingerprint density at radius 1 is 1.23 bits per heavy atom. The third-order valence-corrected chi connectivity index (χ3v) is 4.92. The smallest absolute Gasteiger partial charge is 0.331 e. The summed E-state index contributed by atoms with van der Waals surface area (Å²) >= 11 is 0. The Morgan fingerprint density at radius 2 is 1.77 bits per heavy atom. The van der Waals surface area contributed by atoms with Crippen LogP contribution in [0.3, 0.4) is 0 Å². The summed E-state index contributed by atoms with van der Waals surface area (Å²) in [6.45, 7) is 16.6. The lowest BCUT2D eigenvalue weighted by Crippen LogP contribution is -2.43. The molecule has 2 atom stereocenters. The molecule has 2 N–H and O–H groups in total. The van der Waals surface area contributed by atoms with Crippen molar-refractivity contribution >= 4 is 18.3 Å². The van der Waals surface area contributed by atoms with E-state index in [1.807, 2.05) is 13.8 Å². The van der Waals surface area contributed by atoms with Gasteiger partial charge in [0, 0.05) is 19.2 Å². The van der Waals surface area contributed by atoms with Gasteiger partial charge < -0.3 is 20.2 Å². The summed E-state index contributed by atoms with van der Waals surface area (Å²) in [4.78, 5) is 36.5. The molecule has 7 heteroatoms. The number of amides is 2. The van der Waals surface area contributed by atoms with Crippen LogP contribution in [0.4, 0.5) is 0 Å². The van der Waals surface area contributed by atoms with Gasteiger partial charge in [-0.3, -0.25) is 9.59 Å². The number of likely N-dealkylation sites (N-methyl/N-ethyl adjacent to an activating group) is 1. The Bertz CT molecular complexity index is 544. The number of hydrogen-bond acceptors (Lipinski definition) is 4. The number of carboxylic acids is 1. The zero-order valence-corrected chi connectivity index (χ0v) is 21.3. The monoisotopic (exact) mass is 441 g/mol. The van der Waals surface area contributed by atoms with Crippen molar-refractivity contribution in [3.63, 3.8) is 0 Å². The van der Waals surface area contributed by atoms with Gasteiger partial charge in [-0.15, -0.1) is 0 Å². The standard InChI is InChI=1S/C12H20N2O4.C8H17N.C4H10/c1-8(2)10(5-9(3)12(17)18)14(4)11(16)6-13-7-15;1-3-8-5-4-6-9(2)7-8;1-4(2)3/h5,7-8,10H,6H2,1-4H3,(H,13,15)(H,17,18);8H,3-7H2,1-2H3;4H,1-3H3/b9-5+;;/t10-;8-;/m10./s1. The molecular weight excluding hydrogens is 394 g/mol. The van der Waals surface area contributed by atoms with E-state index in [4.69, 9.17) is 5.11 Å². The summed E-state index contributed by atoms with van der Waals surface area (Å²) in [5.41, 5.74) is 0.191. The number of likely N-dealkylation sites (tertiary alicyclic amines) is 1. The number of carboxylic acid groups (broad SMARTS) is 1. The van der Waals surface area contributed by atoms with Crippen LogP contribution in [0.5, 0.6) is 0 Å². The largest absolute Gasteiger partial charge is 0.478 e. The maximum Gasteiger partial charge on any atom is 0.331 e. The highest BCUT2D eigenvalue weighted by Gasteiger charge is 2.21. The molecule has 1 fully saturated rings. The molecule has 0 aromatic rings. The molecule has 1 rings (SSSR count). The fraction of sp³-hybridized carbons (Fsp3) is 0.792. The second-order valence-corrected chi connectivity index (χ2v) is 9.30. The molecule has 0 saturated carbocycles. The van der Waals surface area contributed by atoms with E-state index < -0.39 is 5.97 Å². The Morgan fingerprint density at radius 3 is 2.13 bits per heavy atom. The summed E-state index contributed by atoms with van der Waals surface area (Å²) in [5, 5.41) is 11.1. The van der Waals surface area contributed by atoms with Crippen molar-refractivity contribution in [1.29, 1.82) is 0 Å². The molecule has 0 unspecified atom stereocenters. The molecule has 2 amide bonds. The van der Waals surface area contributed by atoms with Gasteiger partial charge in [-0.1, -0.05) is 54.0 Å².